The third kappa shape index (κ3) is 2.36. The number of aromatic nitrogens is 3. The van der Waals surface area contributed by atoms with E-state index in [2.05, 4.69) is 10.1 Å². The van der Waals surface area contributed by atoms with E-state index >= 15 is 0 Å². The van der Waals surface area contributed by atoms with Crippen molar-refractivity contribution in [3.63, 3.8) is 0 Å². The van der Waals surface area contributed by atoms with E-state index in [9.17, 15) is 0 Å². The Hall–Kier alpha value is -1.80. The summed E-state index contributed by atoms with van der Waals surface area (Å²) in [5.74, 6) is 0. The molecule has 2 rings (SSSR count). The smallest absolute Gasteiger partial charge is 0.141 e. The third-order valence-electron chi connectivity index (χ3n) is 1.74. The SMILES string of the molecule is Cn1cc(Sc2cccc(C#N)n2)cn1. The van der Waals surface area contributed by atoms with E-state index in [-0.39, 0.29) is 0 Å². The first-order chi connectivity index (χ1) is 7.28. The van der Waals surface area contributed by atoms with Crippen LogP contribution in [0.2, 0.25) is 0 Å². The van der Waals surface area contributed by atoms with Gasteiger partial charge in [0.15, 0.2) is 0 Å². The van der Waals surface area contributed by atoms with Gasteiger partial charge in [-0.2, -0.15) is 10.4 Å². The zero-order chi connectivity index (χ0) is 10.7. The number of hydrogen-bond acceptors (Lipinski definition) is 4. The van der Waals surface area contributed by atoms with Crippen LogP contribution in [0.25, 0.3) is 0 Å². The Balaban J connectivity index is 2.21. The highest BCUT2D eigenvalue weighted by molar-refractivity contribution is 7.99. The Labute approximate surface area is 91.6 Å². The minimum Gasteiger partial charge on any atom is -0.275 e. The van der Waals surface area contributed by atoms with E-state index in [1.54, 1.807) is 16.9 Å². The second-order valence-corrected chi connectivity index (χ2v) is 4.02. The van der Waals surface area contributed by atoms with Crippen molar-refractivity contribution in [1.82, 2.24) is 14.8 Å². The molecule has 0 saturated carbocycles. The largest absolute Gasteiger partial charge is 0.275 e. The summed E-state index contributed by atoms with van der Waals surface area (Å²) in [7, 11) is 1.86. The van der Waals surface area contributed by atoms with Gasteiger partial charge in [0, 0.05) is 13.2 Å². The Morgan fingerprint density at radius 1 is 1.47 bits per heavy atom. The van der Waals surface area contributed by atoms with Gasteiger partial charge in [-0.05, 0) is 12.1 Å². The van der Waals surface area contributed by atoms with Crippen molar-refractivity contribution in [3.8, 4) is 6.07 Å². The molecule has 2 heterocycles. The number of aryl methyl sites for hydroxylation is 1. The molecule has 0 atom stereocenters. The summed E-state index contributed by atoms with van der Waals surface area (Å²) in [5.41, 5.74) is 0.434. The lowest BCUT2D eigenvalue weighted by Crippen LogP contribution is -1.84. The van der Waals surface area contributed by atoms with E-state index < -0.39 is 0 Å². The first kappa shape index (κ1) is 9.74. The number of rotatable bonds is 2. The molecule has 15 heavy (non-hydrogen) atoms. The van der Waals surface area contributed by atoms with Gasteiger partial charge in [-0.3, -0.25) is 4.68 Å². The van der Waals surface area contributed by atoms with Gasteiger partial charge >= 0.3 is 0 Å². The van der Waals surface area contributed by atoms with E-state index in [4.69, 9.17) is 5.26 Å². The molecule has 74 valence electrons. The summed E-state index contributed by atoms with van der Waals surface area (Å²) in [4.78, 5) is 5.17. The van der Waals surface area contributed by atoms with Gasteiger partial charge in [0.2, 0.25) is 0 Å². The molecule has 5 heteroatoms. The molecule has 2 aromatic heterocycles. The van der Waals surface area contributed by atoms with Crippen LogP contribution in [0, 0.1) is 11.3 Å². The predicted octanol–water partition coefficient (Wildman–Crippen LogP) is 1.84. The zero-order valence-corrected chi connectivity index (χ0v) is 8.90. The van der Waals surface area contributed by atoms with Gasteiger partial charge in [0.05, 0.1) is 11.1 Å². The van der Waals surface area contributed by atoms with Gasteiger partial charge in [0.1, 0.15) is 16.8 Å². The molecule has 0 unspecified atom stereocenters. The molecule has 0 aliphatic rings. The molecule has 4 nitrogen and oxygen atoms in total. The summed E-state index contributed by atoms with van der Waals surface area (Å²) in [6, 6.07) is 7.40. The van der Waals surface area contributed by atoms with Crippen LogP contribution in [-0.4, -0.2) is 14.8 Å². The molecule has 0 spiro atoms. The monoisotopic (exact) mass is 216 g/mol. The molecule has 0 aliphatic carbocycles. The Morgan fingerprint density at radius 3 is 3.00 bits per heavy atom. The van der Waals surface area contributed by atoms with Crippen LogP contribution < -0.4 is 0 Å². The van der Waals surface area contributed by atoms with Crippen LogP contribution in [0.1, 0.15) is 5.69 Å². The minimum atomic E-state index is 0.434. The van der Waals surface area contributed by atoms with Crippen molar-refractivity contribution in [2.75, 3.05) is 0 Å². The lowest BCUT2D eigenvalue weighted by molar-refractivity contribution is 0.766. The maximum atomic E-state index is 8.69. The maximum absolute atomic E-state index is 8.69. The number of nitrogens with zero attached hydrogens (tertiary/aromatic N) is 4. The number of pyridine rings is 1. The standard InChI is InChI=1S/C10H8N4S/c1-14-7-9(6-12-14)15-10-4-2-3-8(5-11)13-10/h2-4,6-7H,1H3. The molecule has 0 aromatic carbocycles. The van der Waals surface area contributed by atoms with Crippen LogP contribution in [0.4, 0.5) is 0 Å². The summed E-state index contributed by atoms with van der Waals surface area (Å²) in [6.07, 6.45) is 3.68. The van der Waals surface area contributed by atoms with Crippen molar-refractivity contribution < 1.29 is 0 Å². The van der Waals surface area contributed by atoms with Gasteiger partial charge in [0.25, 0.3) is 0 Å². The summed E-state index contributed by atoms with van der Waals surface area (Å²) in [5, 5.41) is 13.6. The zero-order valence-electron chi connectivity index (χ0n) is 8.08. The lowest BCUT2D eigenvalue weighted by Gasteiger charge is -1.96. The van der Waals surface area contributed by atoms with Gasteiger partial charge in [-0.1, -0.05) is 17.8 Å². The molecular weight excluding hydrogens is 208 g/mol. The molecule has 2 aromatic rings. The highest BCUT2D eigenvalue weighted by atomic mass is 32.2. The number of nitriles is 1. The van der Waals surface area contributed by atoms with Crippen molar-refractivity contribution >= 4 is 11.8 Å². The molecule has 0 aliphatic heterocycles. The third-order valence-corrected chi connectivity index (χ3v) is 2.62. The molecule has 0 saturated heterocycles. The van der Waals surface area contributed by atoms with Crippen molar-refractivity contribution in [1.29, 1.82) is 5.26 Å². The molecule has 0 radical (unpaired) electrons. The van der Waals surface area contributed by atoms with Crippen molar-refractivity contribution in [2.24, 2.45) is 7.05 Å². The van der Waals surface area contributed by atoms with Crippen molar-refractivity contribution in [3.05, 3.63) is 36.3 Å². The average molecular weight is 216 g/mol. The fourth-order valence-electron chi connectivity index (χ4n) is 1.11. The highest BCUT2D eigenvalue weighted by Gasteiger charge is 2.01. The van der Waals surface area contributed by atoms with E-state index in [1.807, 2.05) is 31.4 Å². The normalized spacial score (nSPS) is 9.87. The lowest BCUT2D eigenvalue weighted by atomic mass is 10.4. The van der Waals surface area contributed by atoms with Gasteiger partial charge in [-0.15, -0.1) is 0 Å². The van der Waals surface area contributed by atoms with E-state index in [0.717, 1.165) is 9.92 Å². The minimum absolute atomic E-state index is 0.434. The first-order valence-corrected chi connectivity index (χ1v) is 5.13. The van der Waals surface area contributed by atoms with Crippen LogP contribution in [-0.2, 0) is 7.05 Å². The van der Waals surface area contributed by atoms with Gasteiger partial charge < -0.3 is 0 Å². The summed E-state index contributed by atoms with van der Waals surface area (Å²) in [6.45, 7) is 0. The van der Waals surface area contributed by atoms with Crippen LogP contribution in [0.5, 0.6) is 0 Å². The van der Waals surface area contributed by atoms with Crippen molar-refractivity contribution in [2.45, 2.75) is 9.92 Å². The highest BCUT2D eigenvalue weighted by Crippen LogP contribution is 2.24. The first-order valence-electron chi connectivity index (χ1n) is 4.31. The van der Waals surface area contributed by atoms with Gasteiger partial charge in [-0.25, -0.2) is 4.98 Å². The Kier molecular flexibility index (Phi) is 2.70. The summed E-state index contributed by atoms with van der Waals surface area (Å²) >= 11 is 1.49. The Bertz CT molecular complexity index is 512. The topological polar surface area (TPSA) is 54.5 Å². The second kappa shape index (κ2) is 4.15. The molecule has 0 amide bonds. The molecule has 0 bridgehead atoms. The maximum Gasteiger partial charge on any atom is 0.141 e. The van der Waals surface area contributed by atoms with E-state index in [1.165, 1.54) is 11.8 Å². The molecular formula is C10H8N4S. The fourth-order valence-corrected chi connectivity index (χ4v) is 1.94. The van der Waals surface area contributed by atoms with Crippen LogP contribution in [0.15, 0.2) is 40.5 Å². The second-order valence-electron chi connectivity index (χ2n) is 2.92. The fraction of sp³-hybridized carbons (Fsp3) is 0.100. The average Bonchev–Trinajstić information content (AvgIpc) is 2.64. The molecule has 0 N–H and O–H groups in total. The van der Waals surface area contributed by atoms with E-state index in [0.29, 0.717) is 5.69 Å². The number of hydrogen-bond donors (Lipinski definition) is 0. The summed E-state index contributed by atoms with van der Waals surface area (Å²) < 4.78 is 1.73. The quantitative estimate of drug-likeness (QED) is 0.768. The van der Waals surface area contributed by atoms with Crippen LogP contribution in [0.3, 0.4) is 0 Å². The molecule has 0 fully saturated rings. The van der Waals surface area contributed by atoms with Crippen LogP contribution >= 0.6 is 11.8 Å². The predicted molar refractivity (Wildman–Crippen MR) is 56.3 cm³/mol. The Morgan fingerprint density at radius 2 is 2.33 bits per heavy atom.